The van der Waals surface area contributed by atoms with Gasteiger partial charge >= 0.3 is 12.4 Å². The molecule has 8 N–H and O–H groups in total. The second-order valence-electron chi connectivity index (χ2n) is 17.2. The lowest BCUT2D eigenvalue weighted by Crippen LogP contribution is -3.05. The summed E-state index contributed by atoms with van der Waals surface area (Å²) in [4.78, 5) is 98.3. The van der Waals surface area contributed by atoms with E-state index in [4.69, 9.17) is 19.8 Å². The molecule has 0 saturated heterocycles. The summed E-state index contributed by atoms with van der Waals surface area (Å²) in [5, 5.41) is 34.6. The molecule has 74 heavy (non-hydrogen) atoms. The highest BCUT2D eigenvalue weighted by atomic mass is 19.4. The van der Waals surface area contributed by atoms with Crippen molar-refractivity contribution >= 4 is 75.8 Å². The summed E-state index contributed by atoms with van der Waals surface area (Å²) in [6, 6.07) is 7.80. The molecule has 404 valence electrons. The quantitative estimate of drug-likeness (QED) is 0.0396. The number of nitrogens with zero attached hydrogens (tertiary/aromatic N) is 5. The first-order chi connectivity index (χ1) is 34.3. The summed E-state index contributed by atoms with van der Waals surface area (Å²) in [7, 11) is 16.6. The van der Waals surface area contributed by atoms with Gasteiger partial charge in [0.1, 0.15) is 40.4 Å². The molecule has 5 aromatic heterocycles. The van der Waals surface area contributed by atoms with Gasteiger partial charge in [0, 0.05) is 92.0 Å². The maximum atomic E-state index is 13.4. The van der Waals surface area contributed by atoms with Crippen molar-refractivity contribution in [1.82, 2.24) is 28.2 Å². The molecule has 0 atom stereocenters. The van der Waals surface area contributed by atoms with Gasteiger partial charge in [0.2, 0.25) is 5.91 Å². The molecule has 0 spiro atoms. The highest BCUT2D eigenvalue weighted by Crippen LogP contribution is 2.22. The fraction of sp³-hybridized carbons (Fsp3) is 0.378. The largest absolute Gasteiger partial charge is 0.542 e. The van der Waals surface area contributed by atoms with Crippen molar-refractivity contribution < 1.29 is 84.7 Å². The Morgan fingerprint density at radius 1 is 0.446 bits per heavy atom. The van der Waals surface area contributed by atoms with Crippen LogP contribution in [0.25, 0.3) is 0 Å². The molecule has 29 heteroatoms. The van der Waals surface area contributed by atoms with E-state index < -0.39 is 47.9 Å². The van der Waals surface area contributed by atoms with Crippen LogP contribution >= 0.6 is 0 Å². The van der Waals surface area contributed by atoms with Gasteiger partial charge < -0.3 is 84.3 Å². The summed E-state index contributed by atoms with van der Waals surface area (Å²) >= 11 is 0. The zero-order valence-electron chi connectivity index (χ0n) is 41.6. The number of rotatable bonds is 18. The topological polar surface area (TPSA) is 288 Å². The average molecular weight is 1050 g/mol. The zero-order valence-corrected chi connectivity index (χ0v) is 41.6. The monoisotopic (exact) mass is 1050 g/mol. The van der Waals surface area contributed by atoms with Gasteiger partial charge in [-0.1, -0.05) is 0 Å². The summed E-state index contributed by atoms with van der Waals surface area (Å²) in [6.07, 6.45) is -0.291. The number of aliphatic carboxylic acids is 2. The number of aryl methyl sites for hydroxylation is 5. The molecule has 0 aromatic carbocycles. The van der Waals surface area contributed by atoms with Gasteiger partial charge in [0.15, 0.2) is 0 Å². The van der Waals surface area contributed by atoms with Crippen molar-refractivity contribution in [2.45, 2.75) is 31.6 Å². The molecular formula is C45H57F6N13O10. The molecule has 23 nitrogen and oxygen atoms in total. The number of anilines is 5. The second kappa shape index (κ2) is 25.9. The van der Waals surface area contributed by atoms with Crippen LogP contribution < -0.4 is 51.9 Å². The average Bonchev–Trinajstić information content (AvgIpc) is 4.10. The maximum Gasteiger partial charge on any atom is 0.430 e. The van der Waals surface area contributed by atoms with Crippen molar-refractivity contribution in [3.05, 3.63) is 89.8 Å². The van der Waals surface area contributed by atoms with E-state index >= 15 is 0 Å². The van der Waals surface area contributed by atoms with Crippen molar-refractivity contribution in [2.75, 3.05) is 74.4 Å². The smallest absolute Gasteiger partial charge is 0.430 e. The van der Waals surface area contributed by atoms with Crippen molar-refractivity contribution in [2.24, 2.45) is 35.2 Å². The van der Waals surface area contributed by atoms with Crippen LogP contribution in [-0.2, 0) is 49.6 Å². The third kappa shape index (κ3) is 18.4. The number of amides is 6. The zero-order chi connectivity index (χ0) is 56.0. The van der Waals surface area contributed by atoms with E-state index in [9.17, 15) is 55.1 Å². The van der Waals surface area contributed by atoms with Crippen LogP contribution in [0.2, 0.25) is 0 Å². The third-order valence-corrected chi connectivity index (χ3v) is 10.2. The molecular weight excluding hydrogens is 997 g/mol. The lowest BCUT2D eigenvalue weighted by atomic mass is 10.3. The molecule has 5 heterocycles. The number of nitrogens with one attached hydrogen (secondary N) is 8. The molecule has 0 aliphatic rings. The van der Waals surface area contributed by atoms with Crippen molar-refractivity contribution in [1.29, 1.82) is 0 Å². The van der Waals surface area contributed by atoms with Crippen LogP contribution in [0, 0.1) is 0 Å². The normalized spacial score (nSPS) is 11.2. The fourth-order valence-electron chi connectivity index (χ4n) is 6.63. The standard InChI is InChI=1S/C41H55N13O6.2C2HF3O2/c1-48(2)14-10-12-36(55)43-26-16-32(51(6)21-26)38(57)45-28-18-34(53(8)23-28)40(59)47-30-20-35(54(9)25-30)41(60)46-29-19-33(52(7)24-29)39(58)44-27-17-31(50(5)22-27)37(56)42-13-11-15-49(3)4;2*3-2(4,5)1(6)7/h16-25H,10-15H2,1-9H3,(H,42,56)(H,43,55)(H,44,58)(H,45,57)(H,46,60)(H,47,59);2*(H,6,7). The Kier molecular flexibility index (Phi) is 21.0. The third-order valence-electron chi connectivity index (χ3n) is 10.2. The SMILES string of the molecule is Cn1cc(NC(=O)c2cc(NC(=O)c3cc(NC(=O)c4cc(NC(=O)c5cc(NC(=O)CCC[NH+](C)C)cn5C)cn4C)cn3C)cn2C)cc1C(=O)NCCC[NH+](C)C.O=C([O-])C(F)(F)F.O=C([O-])C(F)(F)F. The summed E-state index contributed by atoms with van der Waals surface area (Å²) in [6.45, 7) is 2.35. The molecule has 5 aromatic rings. The van der Waals surface area contributed by atoms with E-state index in [1.54, 1.807) is 101 Å². The summed E-state index contributed by atoms with van der Waals surface area (Å²) < 4.78 is 71.1. The summed E-state index contributed by atoms with van der Waals surface area (Å²) in [5.41, 5.74) is 3.57. The molecule has 0 aliphatic heterocycles. The van der Waals surface area contributed by atoms with E-state index in [0.29, 0.717) is 52.8 Å². The number of quaternary nitrogens is 2. The van der Waals surface area contributed by atoms with E-state index in [0.717, 1.165) is 25.9 Å². The number of carbonyl (C=O) groups is 8. The van der Waals surface area contributed by atoms with Crippen LogP contribution in [0.5, 0.6) is 0 Å². The number of alkyl halides is 6. The maximum absolute atomic E-state index is 13.4. The van der Waals surface area contributed by atoms with Crippen LogP contribution in [0.4, 0.5) is 54.8 Å². The number of carbonyl (C=O) groups excluding carboxylic acids is 8. The van der Waals surface area contributed by atoms with Gasteiger partial charge in [0.05, 0.1) is 69.7 Å². The van der Waals surface area contributed by atoms with Crippen LogP contribution in [0.3, 0.4) is 0 Å². The van der Waals surface area contributed by atoms with Gasteiger partial charge in [-0.2, -0.15) is 26.3 Å². The van der Waals surface area contributed by atoms with Crippen molar-refractivity contribution in [3.8, 4) is 0 Å². The lowest BCUT2D eigenvalue weighted by Gasteiger charge is -2.08. The highest BCUT2D eigenvalue weighted by Gasteiger charge is 2.29. The second-order valence-corrected chi connectivity index (χ2v) is 17.2. The summed E-state index contributed by atoms with van der Waals surface area (Å²) in [5.74, 6) is -8.17. The van der Waals surface area contributed by atoms with Gasteiger partial charge in [-0.3, -0.25) is 28.8 Å². The minimum absolute atomic E-state index is 0.125. The van der Waals surface area contributed by atoms with Crippen molar-refractivity contribution in [3.63, 3.8) is 0 Å². The molecule has 0 aliphatic carbocycles. The van der Waals surface area contributed by atoms with Gasteiger partial charge in [-0.25, -0.2) is 0 Å². The number of halogens is 6. The predicted octanol–water partition coefficient (Wildman–Crippen LogP) is -0.887. The van der Waals surface area contributed by atoms with Crippen LogP contribution in [0.1, 0.15) is 71.7 Å². The minimum Gasteiger partial charge on any atom is -0.542 e. The first-order valence-electron chi connectivity index (χ1n) is 22.1. The number of carboxylic acids is 2. The first kappa shape index (κ1) is 60.0. The highest BCUT2D eigenvalue weighted by molar-refractivity contribution is 6.10. The van der Waals surface area contributed by atoms with Crippen LogP contribution in [0.15, 0.2) is 61.3 Å². The Morgan fingerprint density at radius 2 is 0.689 bits per heavy atom. The van der Waals surface area contributed by atoms with Gasteiger partial charge in [-0.05, 0) is 30.3 Å². The minimum atomic E-state index is -5.19. The fourth-order valence-corrected chi connectivity index (χ4v) is 6.63. The Hall–Kier alpha value is -8.34. The number of carboxylic acid groups (broad SMARTS) is 2. The van der Waals surface area contributed by atoms with Crippen LogP contribution in [-0.4, -0.2) is 130 Å². The molecule has 0 unspecified atom stereocenters. The number of hydrogen-bond acceptors (Lipinski definition) is 10. The van der Waals surface area contributed by atoms with E-state index in [2.05, 4.69) is 46.0 Å². The molecule has 0 bridgehead atoms. The van der Waals surface area contributed by atoms with Gasteiger partial charge in [-0.15, -0.1) is 0 Å². The van der Waals surface area contributed by atoms with E-state index in [-0.39, 0.29) is 28.9 Å². The molecule has 0 saturated carbocycles. The van der Waals surface area contributed by atoms with E-state index in [1.165, 1.54) is 28.0 Å². The predicted molar refractivity (Wildman–Crippen MR) is 251 cm³/mol. The first-order valence-corrected chi connectivity index (χ1v) is 22.1. The molecule has 0 radical (unpaired) electrons. The Morgan fingerprint density at radius 3 is 0.946 bits per heavy atom. The molecule has 0 fully saturated rings. The lowest BCUT2D eigenvalue weighted by molar-refractivity contribution is -0.858. The molecule has 5 rings (SSSR count). The van der Waals surface area contributed by atoms with E-state index in [1.807, 2.05) is 14.1 Å². The molecule has 6 amide bonds. The Balaban J connectivity index is 0.000000903. The van der Waals surface area contributed by atoms with Gasteiger partial charge in [0.25, 0.3) is 29.5 Å². The number of aromatic nitrogens is 5. The Bertz CT molecular complexity index is 2810. The number of hydrogen-bond donors (Lipinski definition) is 8. The Labute approximate surface area is 419 Å².